The van der Waals surface area contributed by atoms with Gasteiger partial charge in [-0.25, -0.2) is 0 Å². The number of rotatable bonds is 17. The summed E-state index contributed by atoms with van der Waals surface area (Å²) in [5.41, 5.74) is 0. The predicted molar refractivity (Wildman–Crippen MR) is 98.9 cm³/mol. The largest absolute Gasteiger partial charge is 0.463 e. The Kier molecular flexibility index (Phi) is 17.8. The molecule has 0 aromatic carbocycles. The predicted octanol–water partition coefficient (Wildman–Crippen LogP) is 4.53. The molecule has 0 heterocycles. The van der Waals surface area contributed by atoms with Gasteiger partial charge in [0.15, 0.2) is 0 Å². The minimum Gasteiger partial charge on any atom is -0.463 e. The van der Waals surface area contributed by atoms with Gasteiger partial charge in [0.05, 0.1) is 12.7 Å². The summed E-state index contributed by atoms with van der Waals surface area (Å²) in [6.07, 6.45) is 17.6. The van der Waals surface area contributed by atoms with E-state index in [0.29, 0.717) is 6.42 Å². The second-order valence-corrected chi connectivity index (χ2v) is 6.46. The van der Waals surface area contributed by atoms with Gasteiger partial charge in [0.1, 0.15) is 6.61 Å². The van der Waals surface area contributed by atoms with Crippen LogP contribution in [-0.2, 0) is 9.53 Å². The van der Waals surface area contributed by atoms with Crippen LogP contribution in [0, 0.1) is 0 Å². The molecule has 0 aliphatic rings. The lowest BCUT2D eigenvalue weighted by molar-refractivity contribution is -0.144. The zero-order valence-corrected chi connectivity index (χ0v) is 15.5. The molecular formula is C20H38O4. The molecule has 0 fully saturated rings. The van der Waals surface area contributed by atoms with Crippen LogP contribution in [0.2, 0.25) is 0 Å². The monoisotopic (exact) mass is 342 g/mol. The number of allylic oxidation sites excluding steroid dienone is 1. The number of hydrogen-bond acceptors (Lipinski definition) is 4. The maximum Gasteiger partial charge on any atom is 0.305 e. The SMILES string of the molecule is CCCCCC[C@H](O)C/C=C/CCCCCCCC(=O)OCCO. The molecule has 0 saturated heterocycles. The second kappa shape index (κ2) is 18.5. The first kappa shape index (κ1) is 23.1. The molecule has 0 unspecified atom stereocenters. The number of hydrogen-bond donors (Lipinski definition) is 2. The van der Waals surface area contributed by atoms with Gasteiger partial charge in [-0.3, -0.25) is 4.79 Å². The summed E-state index contributed by atoms with van der Waals surface area (Å²) in [5.74, 6) is -0.208. The Morgan fingerprint density at radius 3 is 2.46 bits per heavy atom. The summed E-state index contributed by atoms with van der Waals surface area (Å²) < 4.78 is 4.80. The van der Waals surface area contributed by atoms with Crippen LogP contribution >= 0.6 is 0 Å². The van der Waals surface area contributed by atoms with Gasteiger partial charge >= 0.3 is 5.97 Å². The van der Waals surface area contributed by atoms with Crippen LogP contribution in [0.15, 0.2) is 12.2 Å². The summed E-state index contributed by atoms with van der Waals surface area (Å²) in [6, 6.07) is 0. The van der Waals surface area contributed by atoms with Crippen LogP contribution in [0.4, 0.5) is 0 Å². The van der Waals surface area contributed by atoms with Crippen LogP contribution in [0.3, 0.4) is 0 Å². The second-order valence-electron chi connectivity index (χ2n) is 6.46. The number of carbonyl (C=O) groups excluding carboxylic acids is 1. The standard InChI is InChI=1S/C20H38O4/c1-2-3-4-11-14-19(22)15-12-9-7-5-6-8-10-13-16-20(23)24-18-17-21/h9,12,19,21-22H,2-8,10-11,13-18H2,1H3/b12-9+/t19-/m0/s1. The van der Waals surface area contributed by atoms with Gasteiger partial charge < -0.3 is 14.9 Å². The number of unbranched alkanes of at least 4 members (excludes halogenated alkanes) is 8. The summed E-state index contributed by atoms with van der Waals surface area (Å²) >= 11 is 0. The van der Waals surface area contributed by atoms with E-state index in [4.69, 9.17) is 9.84 Å². The minimum absolute atomic E-state index is 0.102. The smallest absolute Gasteiger partial charge is 0.305 e. The van der Waals surface area contributed by atoms with Crippen LogP contribution in [0.25, 0.3) is 0 Å². The van der Waals surface area contributed by atoms with Crippen molar-refractivity contribution in [2.24, 2.45) is 0 Å². The van der Waals surface area contributed by atoms with Crippen molar-refractivity contribution in [1.82, 2.24) is 0 Å². The molecule has 0 aromatic heterocycles. The highest BCUT2D eigenvalue weighted by molar-refractivity contribution is 5.69. The van der Waals surface area contributed by atoms with Crippen LogP contribution < -0.4 is 0 Å². The molecule has 0 saturated carbocycles. The van der Waals surface area contributed by atoms with Crippen LogP contribution in [-0.4, -0.2) is 35.5 Å². The zero-order chi connectivity index (χ0) is 17.9. The highest BCUT2D eigenvalue weighted by atomic mass is 16.5. The maximum absolute atomic E-state index is 11.2. The van der Waals surface area contributed by atoms with E-state index in [1.807, 2.05) is 0 Å². The molecule has 0 aliphatic carbocycles. The first-order valence-corrected chi connectivity index (χ1v) is 9.80. The first-order chi connectivity index (χ1) is 11.7. The normalized spacial score (nSPS) is 12.6. The molecule has 0 amide bonds. The summed E-state index contributed by atoms with van der Waals surface area (Å²) in [5, 5.41) is 18.4. The lowest BCUT2D eigenvalue weighted by atomic mass is 10.1. The molecule has 4 nitrogen and oxygen atoms in total. The zero-order valence-electron chi connectivity index (χ0n) is 15.5. The van der Waals surface area contributed by atoms with E-state index in [0.717, 1.165) is 51.4 Å². The fourth-order valence-corrected chi connectivity index (χ4v) is 2.59. The van der Waals surface area contributed by atoms with Gasteiger partial charge in [-0.1, -0.05) is 64.0 Å². The molecule has 0 aliphatic heterocycles. The van der Waals surface area contributed by atoms with E-state index in [2.05, 4.69) is 19.1 Å². The van der Waals surface area contributed by atoms with Gasteiger partial charge in [-0.2, -0.15) is 0 Å². The van der Waals surface area contributed by atoms with Crippen LogP contribution in [0.5, 0.6) is 0 Å². The molecule has 0 spiro atoms. The summed E-state index contributed by atoms with van der Waals surface area (Å²) in [6.45, 7) is 2.21. The Bertz CT molecular complexity index is 302. The molecule has 1 atom stereocenters. The van der Waals surface area contributed by atoms with E-state index in [-0.39, 0.29) is 25.3 Å². The van der Waals surface area contributed by atoms with E-state index in [1.165, 1.54) is 25.7 Å². The quantitative estimate of drug-likeness (QED) is 0.231. The van der Waals surface area contributed by atoms with E-state index >= 15 is 0 Å². The van der Waals surface area contributed by atoms with Gasteiger partial charge in [0, 0.05) is 6.42 Å². The molecule has 0 radical (unpaired) electrons. The van der Waals surface area contributed by atoms with Crippen molar-refractivity contribution in [3.05, 3.63) is 12.2 Å². The van der Waals surface area contributed by atoms with Crippen molar-refractivity contribution >= 4 is 5.97 Å². The number of carbonyl (C=O) groups is 1. The third-order valence-corrected chi connectivity index (χ3v) is 4.07. The lowest BCUT2D eigenvalue weighted by Gasteiger charge is -2.07. The van der Waals surface area contributed by atoms with Gasteiger partial charge in [-0.05, 0) is 32.1 Å². The average molecular weight is 343 g/mol. The molecular weight excluding hydrogens is 304 g/mol. The lowest BCUT2D eigenvalue weighted by Crippen LogP contribution is -2.07. The molecule has 0 aromatic rings. The number of ether oxygens (including phenoxy) is 1. The van der Waals surface area contributed by atoms with Crippen molar-refractivity contribution in [3.63, 3.8) is 0 Å². The van der Waals surface area contributed by atoms with Gasteiger partial charge in [0.2, 0.25) is 0 Å². The van der Waals surface area contributed by atoms with Crippen molar-refractivity contribution < 1.29 is 19.7 Å². The van der Waals surface area contributed by atoms with E-state index < -0.39 is 0 Å². The highest BCUT2D eigenvalue weighted by Crippen LogP contribution is 2.10. The molecule has 2 N–H and O–H groups in total. The fraction of sp³-hybridized carbons (Fsp3) is 0.850. The van der Waals surface area contributed by atoms with Crippen LogP contribution in [0.1, 0.15) is 90.4 Å². The Hall–Kier alpha value is -0.870. The Balaban J connectivity index is 3.30. The number of esters is 1. The third kappa shape index (κ3) is 17.5. The molecule has 0 bridgehead atoms. The van der Waals surface area contributed by atoms with Crippen molar-refractivity contribution in [1.29, 1.82) is 0 Å². The minimum atomic E-state index is -0.208. The Morgan fingerprint density at radius 1 is 1.00 bits per heavy atom. The Morgan fingerprint density at radius 2 is 1.71 bits per heavy atom. The number of aliphatic hydroxyl groups is 2. The molecule has 0 rings (SSSR count). The van der Waals surface area contributed by atoms with Crippen molar-refractivity contribution in [2.45, 2.75) is 96.5 Å². The summed E-state index contributed by atoms with van der Waals surface area (Å²) in [7, 11) is 0. The molecule has 4 heteroatoms. The third-order valence-electron chi connectivity index (χ3n) is 4.07. The Labute approximate surface area is 148 Å². The number of aliphatic hydroxyl groups excluding tert-OH is 2. The molecule has 24 heavy (non-hydrogen) atoms. The average Bonchev–Trinajstić information content (AvgIpc) is 2.58. The van der Waals surface area contributed by atoms with E-state index in [1.54, 1.807) is 0 Å². The molecule has 142 valence electrons. The van der Waals surface area contributed by atoms with Gasteiger partial charge in [0.25, 0.3) is 0 Å². The van der Waals surface area contributed by atoms with Crippen molar-refractivity contribution in [3.8, 4) is 0 Å². The maximum atomic E-state index is 11.2. The highest BCUT2D eigenvalue weighted by Gasteiger charge is 2.02. The fourth-order valence-electron chi connectivity index (χ4n) is 2.59. The van der Waals surface area contributed by atoms with E-state index in [9.17, 15) is 9.90 Å². The van der Waals surface area contributed by atoms with Gasteiger partial charge in [-0.15, -0.1) is 0 Å². The summed E-state index contributed by atoms with van der Waals surface area (Å²) in [4.78, 5) is 11.2. The first-order valence-electron chi connectivity index (χ1n) is 9.80. The topological polar surface area (TPSA) is 66.8 Å². The van der Waals surface area contributed by atoms with Crippen molar-refractivity contribution in [2.75, 3.05) is 13.2 Å².